The van der Waals surface area contributed by atoms with E-state index in [-0.39, 0.29) is 0 Å². The summed E-state index contributed by atoms with van der Waals surface area (Å²) in [6.45, 7) is 6.00. The van der Waals surface area contributed by atoms with Gasteiger partial charge in [0.1, 0.15) is 12.4 Å². The van der Waals surface area contributed by atoms with Crippen LogP contribution in [0, 0.1) is 17.8 Å². The average Bonchev–Trinajstić information content (AvgIpc) is 2.84. The minimum Gasteiger partial charge on any atom is -0.492 e. The second-order valence-corrected chi connectivity index (χ2v) is 11.9. The van der Waals surface area contributed by atoms with Gasteiger partial charge in [0.2, 0.25) is 0 Å². The molecular weight excluding hydrogens is 461 g/mol. The van der Waals surface area contributed by atoms with E-state index in [2.05, 4.69) is 34.1 Å². The molecule has 0 amide bonds. The summed E-state index contributed by atoms with van der Waals surface area (Å²) in [5.74, 6) is 3.84. The van der Waals surface area contributed by atoms with E-state index in [4.69, 9.17) is 4.74 Å². The highest BCUT2D eigenvalue weighted by Crippen LogP contribution is 2.60. The minimum absolute atomic E-state index is 0.438. The van der Waals surface area contributed by atoms with Crippen molar-refractivity contribution in [3.8, 4) is 5.75 Å². The zero-order chi connectivity index (χ0) is 24.8. The lowest BCUT2D eigenvalue weighted by atomic mass is 9.48. The van der Waals surface area contributed by atoms with E-state index in [9.17, 15) is 13.2 Å². The van der Waals surface area contributed by atoms with E-state index >= 15 is 0 Å². The normalized spacial score (nSPS) is 30.6. The van der Waals surface area contributed by atoms with Crippen LogP contribution < -0.4 is 4.74 Å². The van der Waals surface area contributed by atoms with E-state index in [1.54, 1.807) is 12.1 Å². The van der Waals surface area contributed by atoms with Gasteiger partial charge < -0.3 is 4.74 Å². The zero-order valence-electron chi connectivity index (χ0n) is 21.0. The van der Waals surface area contributed by atoms with Crippen molar-refractivity contribution < 1.29 is 17.9 Å². The number of rotatable bonds is 7. The van der Waals surface area contributed by atoms with Crippen LogP contribution in [0.4, 0.5) is 13.2 Å². The Morgan fingerprint density at radius 2 is 1.31 bits per heavy atom. The number of hydrogen-bond acceptors (Lipinski definition) is 3. The van der Waals surface area contributed by atoms with Gasteiger partial charge in [-0.05, 0) is 97.1 Å². The molecule has 4 aliphatic carbocycles. The van der Waals surface area contributed by atoms with Gasteiger partial charge in [0.15, 0.2) is 0 Å². The standard InChI is InChI=1S/C30H37F3N2O/c31-30(32,33)27-3-1-22(2-4-27)21-35-11-9-34(10-12-35)13-14-36-28-7-5-26(6-8-28)29-18-23-15-24(19-29)17-25(16-23)20-29/h1-8,23-25H,9-21H2. The predicted octanol–water partition coefficient (Wildman–Crippen LogP) is 6.37. The van der Waals surface area contributed by atoms with E-state index in [1.165, 1.54) is 56.2 Å². The first-order valence-electron chi connectivity index (χ1n) is 13.7. The molecule has 1 saturated heterocycles. The number of piperazine rings is 1. The molecular formula is C30H37F3N2O. The average molecular weight is 499 g/mol. The first kappa shape index (κ1) is 24.3. The van der Waals surface area contributed by atoms with Crippen LogP contribution in [-0.2, 0) is 18.1 Å². The molecule has 0 spiro atoms. The topological polar surface area (TPSA) is 15.7 Å². The maximum atomic E-state index is 12.8. The fourth-order valence-corrected chi connectivity index (χ4v) is 7.89. The van der Waals surface area contributed by atoms with Crippen LogP contribution in [0.5, 0.6) is 5.75 Å². The number of nitrogens with zero attached hydrogens (tertiary/aromatic N) is 2. The maximum Gasteiger partial charge on any atom is 0.416 e. The van der Waals surface area contributed by atoms with Gasteiger partial charge in [0.05, 0.1) is 5.56 Å². The zero-order valence-corrected chi connectivity index (χ0v) is 21.0. The SMILES string of the molecule is FC(F)(F)c1ccc(CN2CCN(CCOc3ccc(C45CC6CC(CC(C6)C4)C5)cc3)CC2)cc1. The first-order chi connectivity index (χ1) is 17.3. The quantitative estimate of drug-likeness (QED) is 0.441. The molecule has 2 aromatic rings. The number of alkyl halides is 3. The van der Waals surface area contributed by atoms with Crippen LogP contribution in [0.2, 0.25) is 0 Å². The maximum absolute atomic E-state index is 12.8. The molecule has 4 saturated carbocycles. The van der Waals surface area contributed by atoms with Crippen LogP contribution in [0.25, 0.3) is 0 Å². The lowest BCUT2D eigenvalue weighted by molar-refractivity contribution is -0.137. The summed E-state index contributed by atoms with van der Waals surface area (Å²) in [4.78, 5) is 4.72. The summed E-state index contributed by atoms with van der Waals surface area (Å²) >= 11 is 0. The van der Waals surface area contributed by atoms with E-state index in [1.807, 2.05) is 0 Å². The van der Waals surface area contributed by atoms with Crippen molar-refractivity contribution in [1.29, 1.82) is 0 Å². The highest BCUT2D eigenvalue weighted by Gasteiger charge is 2.51. The molecule has 194 valence electrons. The van der Waals surface area contributed by atoms with Crippen LogP contribution >= 0.6 is 0 Å². The predicted molar refractivity (Wildman–Crippen MR) is 135 cm³/mol. The molecule has 5 aliphatic rings. The molecule has 3 nitrogen and oxygen atoms in total. The minimum atomic E-state index is -4.28. The van der Waals surface area contributed by atoms with Crippen LogP contribution in [0.3, 0.4) is 0 Å². The number of hydrogen-bond donors (Lipinski definition) is 0. The van der Waals surface area contributed by atoms with Gasteiger partial charge in [-0.2, -0.15) is 13.2 Å². The Bertz CT molecular complexity index is 990. The molecule has 0 aromatic heterocycles. The monoisotopic (exact) mass is 498 g/mol. The lowest BCUT2D eigenvalue weighted by Gasteiger charge is -2.57. The Kier molecular flexibility index (Phi) is 6.53. The second kappa shape index (κ2) is 9.68. The Hall–Kier alpha value is -2.05. The fourth-order valence-electron chi connectivity index (χ4n) is 7.89. The molecule has 0 N–H and O–H groups in total. The highest BCUT2D eigenvalue weighted by molar-refractivity contribution is 5.34. The van der Waals surface area contributed by atoms with Crippen molar-refractivity contribution in [3.05, 3.63) is 65.2 Å². The van der Waals surface area contributed by atoms with E-state index < -0.39 is 11.7 Å². The summed E-state index contributed by atoms with van der Waals surface area (Å²) in [5, 5.41) is 0. The van der Waals surface area contributed by atoms with Crippen molar-refractivity contribution in [2.24, 2.45) is 17.8 Å². The number of ether oxygens (including phenoxy) is 1. The third kappa shape index (κ3) is 5.17. The summed E-state index contributed by atoms with van der Waals surface area (Å²) < 4.78 is 44.4. The number of halogens is 3. The fraction of sp³-hybridized carbons (Fsp3) is 0.600. The third-order valence-corrected chi connectivity index (χ3v) is 9.33. The van der Waals surface area contributed by atoms with Crippen molar-refractivity contribution in [1.82, 2.24) is 9.80 Å². The molecule has 1 aliphatic heterocycles. The molecule has 0 atom stereocenters. The molecule has 4 bridgehead atoms. The molecule has 0 radical (unpaired) electrons. The van der Waals surface area contributed by atoms with Gasteiger partial charge in [-0.15, -0.1) is 0 Å². The molecule has 1 heterocycles. The van der Waals surface area contributed by atoms with Gasteiger partial charge in [0.25, 0.3) is 0 Å². The molecule has 7 rings (SSSR count). The van der Waals surface area contributed by atoms with Gasteiger partial charge in [-0.1, -0.05) is 24.3 Å². The van der Waals surface area contributed by atoms with Crippen LogP contribution in [-0.4, -0.2) is 49.1 Å². The van der Waals surface area contributed by atoms with Crippen molar-refractivity contribution in [2.75, 3.05) is 39.3 Å². The summed E-state index contributed by atoms with van der Waals surface area (Å²) in [6, 6.07) is 14.6. The molecule has 6 heteroatoms. The Morgan fingerprint density at radius 3 is 1.86 bits per heavy atom. The second-order valence-electron chi connectivity index (χ2n) is 11.9. The largest absolute Gasteiger partial charge is 0.492 e. The number of benzene rings is 2. The Labute approximate surface area is 212 Å². The molecule has 2 aromatic carbocycles. The summed E-state index contributed by atoms with van der Waals surface area (Å²) in [7, 11) is 0. The Balaban J connectivity index is 0.936. The highest BCUT2D eigenvalue weighted by atomic mass is 19.4. The van der Waals surface area contributed by atoms with Crippen molar-refractivity contribution in [2.45, 2.75) is 56.7 Å². The molecule has 36 heavy (non-hydrogen) atoms. The van der Waals surface area contributed by atoms with E-state index in [0.717, 1.165) is 61.8 Å². The van der Waals surface area contributed by atoms with Crippen molar-refractivity contribution in [3.63, 3.8) is 0 Å². The summed E-state index contributed by atoms with van der Waals surface area (Å²) in [5.41, 5.74) is 2.32. The first-order valence-corrected chi connectivity index (χ1v) is 13.7. The Morgan fingerprint density at radius 1 is 0.750 bits per heavy atom. The molecule has 0 unspecified atom stereocenters. The van der Waals surface area contributed by atoms with Gasteiger partial charge in [-0.25, -0.2) is 0 Å². The molecule has 5 fully saturated rings. The van der Waals surface area contributed by atoms with E-state index in [0.29, 0.717) is 18.6 Å². The third-order valence-electron chi connectivity index (χ3n) is 9.33. The van der Waals surface area contributed by atoms with Crippen LogP contribution in [0.1, 0.15) is 55.2 Å². The lowest BCUT2D eigenvalue weighted by Crippen LogP contribution is -2.48. The summed E-state index contributed by atoms with van der Waals surface area (Å²) in [6.07, 6.45) is 4.33. The smallest absolute Gasteiger partial charge is 0.416 e. The van der Waals surface area contributed by atoms with Gasteiger partial charge >= 0.3 is 6.18 Å². The van der Waals surface area contributed by atoms with Crippen molar-refractivity contribution >= 4 is 0 Å². The van der Waals surface area contributed by atoms with Gasteiger partial charge in [0, 0.05) is 39.3 Å². The van der Waals surface area contributed by atoms with Crippen LogP contribution in [0.15, 0.2) is 48.5 Å². The van der Waals surface area contributed by atoms with Gasteiger partial charge in [-0.3, -0.25) is 9.80 Å².